The molecule has 6 heteroatoms. The Kier molecular flexibility index (Phi) is 5.48. The highest BCUT2D eigenvalue weighted by Gasteiger charge is 2.18. The maximum atomic E-state index is 12.3. The minimum atomic E-state index is -1.30. The van der Waals surface area contributed by atoms with E-state index >= 15 is 0 Å². The van der Waals surface area contributed by atoms with Gasteiger partial charge in [-0.1, -0.05) is 42.5 Å². The maximum Gasteiger partial charge on any atom is 0.232 e. The first-order valence-corrected chi connectivity index (χ1v) is 9.24. The number of hydrogen-bond donors (Lipinski definition) is 1. The van der Waals surface area contributed by atoms with Crippen LogP contribution in [0.3, 0.4) is 0 Å². The molecule has 126 valence electrons. The fourth-order valence-corrected chi connectivity index (χ4v) is 3.54. The van der Waals surface area contributed by atoms with Gasteiger partial charge in [-0.25, -0.2) is 0 Å². The van der Waals surface area contributed by atoms with Gasteiger partial charge in [0.05, 0.1) is 5.75 Å². The lowest BCUT2D eigenvalue weighted by Crippen LogP contribution is -2.28. The molecule has 3 rings (SSSR count). The summed E-state index contributed by atoms with van der Waals surface area (Å²) < 4.78 is 23.4. The second-order valence-electron chi connectivity index (χ2n) is 5.43. The Balaban J connectivity index is 1.53. The Bertz CT molecular complexity index is 733. The van der Waals surface area contributed by atoms with Gasteiger partial charge in [-0.15, -0.1) is 0 Å². The average molecular weight is 345 g/mol. The van der Waals surface area contributed by atoms with Crippen LogP contribution in [0.4, 0.5) is 0 Å². The molecule has 0 saturated heterocycles. The van der Waals surface area contributed by atoms with Gasteiger partial charge in [0, 0.05) is 22.9 Å². The van der Waals surface area contributed by atoms with Gasteiger partial charge >= 0.3 is 0 Å². The van der Waals surface area contributed by atoms with E-state index in [4.69, 9.17) is 9.47 Å². The maximum absolute atomic E-state index is 12.3. The molecule has 5 nitrogen and oxygen atoms in total. The van der Waals surface area contributed by atoms with E-state index in [-0.39, 0.29) is 17.4 Å². The van der Waals surface area contributed by atoms with Crippen molar-refractivity contribution >= 4 is 16.7 Å². The van der Waals surface area contributed by atoms with Crippen LogP contribution in [0, 0.1) is 0 Å². The summed E-state index contributed by atoms with van der Waals surface area (Å²) in [6, 6.07) is 15.2. The summed E-state index contributed by atoms with van der Waals surface area (Å²) in [5.41, 5.74) is 1.82. The molecule has 2 aromatic rings. The van der Waals surface area contributed by atoms with E-state index in [2.05, 4.69) is 5.32 Å². The molecule has 0 unspecified atom stereocenters. The van der Waals surface area contributed by atoms with Crippen molar-refractivity contribution in [3.63, 3.8) is 0 Å². The molecule has 2 aromatic carbocycles. The van der Waals surface area contributed by atoms with E-state index < -0.39 is 10.8 Å². The third kappa shape index (κ3) is 4.35. The van der Waals surface area contributed by atoms with Crippen molar-refractivity contribution in [2.75, 3.05) is 19.0 Å². The average Bonchev–Trinajstić information content (AvgIpc) is 2.61. The first-order chi connectivity index (χ1) is 11.7. The van der Waals surface area contributed by atoms with Crippen LogP contribution in [0.15, 0.2) is 48.5 Å². The van der Waals surface area contributed by atoms with Crippen LogP contribution in [0.1, 0.15) is 11.1 Å². The molecule has 0 radical (unpaired) electrons. The summed E-state index contributed by atoms with van der Waals surface area (Å²) in [5, 5.41) is 2.79. The SMILES string of the molecule is O=C(C[S@](=O)Cc1cccc2c1OCCO2)NCc1ccccc1. The Hall–Kier alpha value is -2.34. The van der Waals surface area contributed by atoms with Crippen LogP contribution >= 0.6 is 0 Å². The first-order valence-electron chi connectivity index (χ1n) is 7.75. The van der Waals surface area contributed by atoms with Crippen LogP contribution in [-0.2, 0) is 27.9 Å². The van der Waals surface area contributed by atoms with E-state index in [1.54, 1.807) is 0 Å². The summed E-state index contributed by atoms with van der Waals surface area (Å²) in [7, 11) is -1.30. The summed E-state index contributed by atoms with van der Waals surface area (Å²) in [6.07, 6.45) is 0. The van der Waals surface area contributed by atoms with Crippen molar-refractivity contribution in [2.24, 2.45) is 0 Å². The minimum Gasteiger partial charge on any atom is -0.486 e. The highest BCUT2D eigenvalue weighted by atomic mass is 32.2. The molecular formula is C18H19NO4S. The molecule has 0 bridgehead atoms. The largest absolute Gasteiger partial charge is 0.486 e. The first kappa shape index (κ1) is 16.5. The Labute approximate surface area is 143 Å². The Morgan fingerprint density at radius 2 is 1.83 bits per heavy atom. The summed E-state index contributed by atoms with van der Waals surface area (Å²) in [6.45, 7) is 1.43. The lowest BCUT2D eigenvalue weighted by molar-refractivity contribution is -0.118. The molecule has 24 heavy (non-hydrogen) atoms. The van der Waals surface area contributed by atoms with E-state index in [0.717, 1.165) is 11.1 Å². The molecule has 0 spiro atoms. The molecule has 0 fully saturated rings. The van der Waals surface area contributed by atoms with Gasteiger partial charge in [0.15, 0.2) is 11.5 Å². The second kappa shape index (κ2) is 7.97. The Morgan fingerprint density at radius 1 is 1.04 bits per heavy atom. The van der Waals surface area contributed by atoms with E-state index in [1.165, 1.54) is 0 Å². The number of para-hydroxylation sites is 1. The summed E-state index contributed by atoms with van der Waals surface area (Å²) in [4.78, 5) is 11.9. The van der Waals surface area contributed by atoms with E-state index in [9.17, 15) is 9.00 Å². The van der Waals surface area contributed by atoms with Crippen molar-refractivity contribution < 1.29 is 18.5 Å². The zero-order valence-electron chi connectivity index (χ0n) is 13.2. The Morgan fingerprint density at radius 3 is 2.67 bits per heavy atom. The smallest absolute Gasteiger partial charge is 0.232 e. The molecule has 1 atom stereocenters. The lowest BCUT2D eigenvalue weighted by Gasteiger charge is -2.20. The number of ether oxygens (including phenoxy) is 2. The molecule has 1 amide bonds. The molecule has 0 aromatic heterocycles. The quantitative estimate of drug-likeness (QED) is 0.870. The monoisotopic (exact) mass is 345 g/mol. The van der Waals surface area contributed by atoms with Gasteiger partial charge in [-0.3, -0.25) is 9.00 Å². The molecule has 0 saturated carbocycles. The highest BCUT2D eigenvalue weighted by molar-refractivity contribution is 7.84. The number of carbonyl (C=O) groups is 1. The molecule has 1 aliphatic heterocycles. The standard InChI is InChI=1S/C18H19NO4S/c20-17(19-11-14-5-2-1-3-6-14)13-24(21)12-15-7-4-8-16-18(15)23-10-9-22-16/h1-8H,9-13H2,(H,19,20)/t24-/m1/s1. The van der Waals surface area contributed by atoms with Crippen LogP contribution in [0.25, 0.3) is 0 Å². The molecule has 1 aliphatic rings. The summed E-state index contributed by atoms with van der Waals surface area (Å²) in [5.74, 6) is 1.33. The van der Waals surface area contributed by atoms with Crippen molar-refractivity contribution in [3.8, 4) is 11.5 Å². The van der Waals surface area contributed by atoms with Crippen LogP contribution in [-0.4, -0.2) is 29.1 Å². The van der Waals surface area contributed by atoms with Gasteiger partial charge in [-0.2, -0.15) is 0 Å². The number of hydrogen-bond acceptors (Lipinski definition) is 4. The number of nitrogens with one attached hydrogen (secondary N) is 1. The van der Waals surface area contributed by atoms with Gasteiger partial charge in [0.25, 0.3) is 0 Å². The third-order valence-electron chi connectivity index (χ3n) is 3.59. The number of rotatable bonds is 6. The zero-order chi connectivity index (χ0) is 16.8. The second-order valence-corrected chi connectivity index (χ2v) is 6.89. The number of benzene rings is 2. The van der Waals surface area contributed by atoms with Gasteiger partial charge < -0.3 is 14.8 Å². The normalized spacial score (nSPS) is 14.0. The highest BCUT2D eigenvalue weighted by Crippen LogP contribution is 2.34. The number of amides is 1. The van der Waals surface area contributed by atoms with Crippen molar-refractivity contribution in [3.05, 3.63) is 59.7 Å². The predicted molar refractivity (Wildman–Crippen MR) is 92.4 cm³/mol. The van der Waals surface area contributed by atoms with Crippen molar-refractivity contribution in [2.45, 2.75) is 12.3 Å². The zero-order valence-corrected chi connectivity index (χ0v) is 14.0. The topological polar surface area (TPSA) is 64.6 Å². The fraction of sp³-hybridized carbons (Fsp3) is 0.278. The lowest BCUT2D eigenvalue weighted by atomic mass is 10.2. The summed E-state index contributed by atoms with van der Waals surface area (Å²) >= 11 is 0. The third-order valence-corrected chi connectivity index (χ3v) is 4.81. The van der Waals surface area contributed by atoms with Crippen LogP contribution in [0.5, 0.6) is 11.5 Å². The van der Waals surface area contributed by atoms with Gasteiger partial charge in [0.2, 0.25) is 5.91 Å². The minimum absolute atomic E-state index is 0.0304. The molecule has 1 N–H and O–H groups in total. The van der Waals surface area contributed by atoms with Gasteiger partial charge in [0.1, 0.15) is 19.0 Å². The van der Waals surface area contributed by atoms with Gasteiger partial charge in [-0.05, 0) is 11.6 Å². The predicted octanol–water partition coefficient (Wildman–Crippen LogP) is 2.02. The van der Waals surface area contributed by atoms with Crippen LogP contribution in [0.2, 0.25) is 0 Å². The van der Waals surface area contributed by atoms with E-state index in [1.807, 2.05) is 48.5 Å². The van der Waals surface area contributed by atoms with Crippen LogP contribution < -0.4 is 14.8 Å². The molecule has 1 heterocycles. The molecular weight excluding hydrogens is 326 g/mol. The van der Waals surface area contributed by atoms with Crippen molar-refractivity contribution in [1.82, 2.24) is 5.32 Å². The number of carbonyl (C=O) groups excluding carboxylic acids is 1. The fourth-order valence-electron chi connectivity index (χ4n) is 2.47. The number of fused-ring (bicyclic) bond motifs is 1. The molecule has 0 aliphatic carbocycles. The van der Waals surface area contributed by atoms with E-state index in [0.29, 0.717) is 31.3 Å². The van der Waals surface area contributed by atoms with Crippen molar-refractivity contribution in [1.29, 1.82) is 0 Å².